The van der Waals surface area contributed by atoms with E-state index in [1.54, 1.807) is 0 Å². The van der Waals surface area contributed by atoms with Gasteiger partial charge in [0.05, 0.1) is 5.54 Å². The van der Waals surface area contributed by atoms with Gasteiger partial charge >= 0.3 is 0 Å². The lowest BCUT2D eigenvalue weighted by Gasteiger charge is -2.42. The number of piperidine rings is 1. The van der Waals surface area contributed by atoms with E-state index in [1.807, 2.05) is 24.5 Å². The van der Waals surface area contributed by atoms with Crippen molar-refractivity contribution in [3.8, 4) is 0 Å². The maximum absolute atomic E-state index is 12.7. The van der Waals surface area contributed by atoms with Crippen molar-refractivity contribution in [2.24, 2.45) is 0 Å². The number of amides is 1. The van der Waals surface area contributed by atoms with E-state index in [9.17, 15) is 4.79 Å². The third kappa shape index (κ3) is 5.19. The van der Waals surface area contributed by atoms with E-state index in [-0.39, 0.29) is 11.4 Å². The summed E-state index contributed by atoms with van der Waals surface area (Å²) >= 11 is 5.93. The number of nitrogens with one attached hydrogen (secondary N) is 2. The minimum absolute atomic E-state index is 0.0299. The van der Waals surface area contributed by atoms with Crippen molar-refractivity contribution in [2.75, 3.05) is 25.0 Å². The van der Waals surface area contributed by atoms with Crippen LogP contribution in [0.15, 0.2) is 54.9 Å². The molecule has 0 bridgehead atoms. The molecule has 2 N–H and O–H groups in total. The number of fused-ring (bicyclic) bond motifs is 4. The summed E-state index contributed by atoms with van der Waals surface area (Å²) in [4.78, 5) is 29.4. The van der Waals surface area contributed by atoms with Gasteiger partial charge in [0, 0.05) is 36.7 Å². The third-order valence-electron chi connectivity index (χ3n) is 9.28. The molecule has 2 fully saturated rings. The second-order valence-corrected chi connectivity index (χ2v) is 12.2. The normalized spacial score (nSPS) is 19.3. The van der Waals surface area contributed by atoms with Crippen molar-refractivity contribution in [1.82, 2.24) is 29.7 Å². The molecule has 0 radical (unpaired) electrons. The van der Waals surface area contributed by atoms with E-state index in [0.29, 0.717) is 30.0 Å². The van der Waals surface area contributed by atoms with Crippen LogP contribution in [0.4, 0.5) is 11.8 Å². The van der Waals surface area contributed by atoms with Gasteiger partial charge in [-0.15, -0.1) is 11.6 Å². The predicted molar refractivity (Wildman–Crippen MR) is 162 cm³/mol. The molecule has 3 aromatic heterocycles. The van der Waals surface area contributed by atoms with Gasteiger partial charge in [-0.25, -0.2) is 9.97 Å². The number of aromatic nitrogens is 4. The number of alkyl halides is 1. The molecule has 1 spiro atoms. The van der Waals surface area contributed by atoms with Crippen LogP contribution in [0.2, 0.25) is 0 Å². The van der Waals surface area contributed by atoms with E-state index in [2.05, 4.69) is 55.4 Å². The van der Waals surface area contributed by atoms with Crippen LogP contribution < -0.4 is 10.6 Å². The Morgan fingerprint density at radius 1 is 0.976 bits per heavy atom. The molecule has 1 aliphatic carbocycles. The first-order chi connectivity index (χ1) is 20.1. The Morgan fingerprint density at radius 3 is 2.49 bits per heavy atom. The van der Waals surface area contributed by atoms with Gasteiger partial charge in [-0.1, -0.05) is 49.6 Å². The highest BCUT2D eigenvalue weighted by Crippen LogP contribution is 2.40. The Bertz CT molecular complexity index is 1540. The van der Waals surface area contributed by atoms with E-state index >= 15 is 0 Å². The summed E-state index contributed by atoms with van der Waals surface area (Å²) in [5.41, 5.74) is 5.21. The van der Waals surface area contributed by atoms with Crippen LogP contribution in [-0.4, -0.2) is 50.0 Å². The molecule has 9 heteroatoms. The zero-order chi connectivity index (χ0) is 27.8. The summed E-state index contributed by atoms with van der Waals surface area (Å²) in [6.07, 6.45) is 11.8. The minimum Gasteiger partial charge on any atom is -0.348 e. The molecule has 2 aliphatic heterocycles. The number of carbonyl (C=O) groups excluding carboxylic acids is 1. The summed E-state index contributed by atoms with van der Waals surface area (Å²) in [5.74, 6) is 2.28. The summed E-state index contributed by atoms with van der Waals surface area (Å²) in [7, 11) is 0. The molecule has 5 heterocycles. The van der Waals surface area contributed by atoms with E-state index in [4.69, 9.17) is 21.6 Å². The van der Waals surface area contributed by atoms with Crippen LogP contribution in [0.3, 0.4) is 0 Å². The number of anilines is 2. The van der Waals surface area contributed by atoms with Crippen molar-refractivity contribution < 1.29 is 4.79 Å². The van der Waals surface area contributed by atoms with Crippen molar-refractivity contribution in [3.63, 3.8) is 0 Å². The molecular formula is C32H36ClN7O. The average Bonchev–Trinajstić information content (AvgIpc) is 3.42. The molecular weight excluding hydrogens is 534 g/mol. The molecule has 1 saturated carbocycles. The lowest BCUT2D eigenvalue weighted by Crippen LogP contribution is -2.52. The summed E-state index contributed by atoms with van der Waals surface area (Å²) < 4.78 is 2.20. The summed E-state index contributed by atoms with van der Waals surface area (Å²) in [5, 5.41) is 7.32. The number of pyridine rings is 1. The van der Waals surface area contributed by atoms with Gasteiger partial charge in [0.15, 0.2) is 0 Å². The zero-order valence-corrected chi connectivity index (χ0v) is 24.0. The molecule has 4 aromatic rings. The molecule has 8 nitrogen and oxygen atoms in total. The highest BCUT2D eigenvalue weighted by Gasteiger charge is 2.41. The standard InChI is InChI=1S/C32H36ClN7O/c33-17-22-4-6-23(7-5-22)20-39-14-10-24(11-15-39)25-8-9-28(34-18-25)37-31-35-19-26-16-27-30(41)36-21-32(12-2-1-3-13-32)40(27)29(26)38-31/h4-9,16,18-19,24H,1-3,10-15,17,20-21H2,(H,36,41)(H,34,35,37,38). The van der Waals surface area contributed by atoms with Gasteiger partial charge in [0.2, 0.25) is 5.95 Å². The van der Waals surface area contributed by atoms with Crippen molar-refractivity contribution in [1.29, 1.82) is 0 Å². The number of halogens is 1. The van der Waals surface area contributed by atoms with Crippen LogP contribution in [0.1, 0.15) is 78.0 Å². The van der Waals surface area contributed by atoms with Crippen LogP contribution >= 0.6 is 11.6 Å². The number of benzene rings is 1. The first kappa shape index (κ1) is 26.4. The van der Waals surface area contributed by atoms with Gasteiger partial charge in [-0.2, -0.15) is 4.98 Å². The molecule has 212 valence electrons. The van der Waals surface area contributed by atoms with E-state index in [1.165, 1.54) is 30.4 Å². The molecule has 7 rings (SSSR count). The topological polar surface area (TPSA) is 88.0 Å². The minimum atomic E-state index is -0.0980. The van der Waals surface area contributed by atoms with E-state index in [0.717, 1.165) is 67.7 Å². The Labute approximate surface area is 245 Å². The largest absolute Gasteiger partial charge is 0.348 e. The molecule has 41 heavy (non-hydrogen) atoms. The molecule has 1 saturated heterocycles. The van der Waals surface area contributed by atoms with E-state index < -0.39 is 0 Å². The van der Waals surface area contributed by atoms with Crippen molar-refractivity contribution in [2.45, 2.75) is 68.8 Å². The number of likely N-dealkylation sites (tertiary alicyclic amines) is 1. The molecule has 0 atom stereocenters. The lowest BCUT2D eigenvalue weighted by atomic mass is 9.80. The molecule has 3 aliphatic rings. The first-order valence-electron chi connectivity index (χ1n) is 14.9. The van der Waals surface area contributed by atoms with Crippen LogP contribution in [0, 0.1) is 0 Å². The van der Waals surface area contributed by atoms with Gasteiger partial charge in [-0.3, -0.25) is 9.69 Å². The zero-order valence-electron chi connectivity index (χ0n) is 23.3. The number of carbonyl (C=O) groups is 1. The van der Waals surface area contributed by atoms with Gasteiger partial charge in [0.25, 0.3) is 5.91 Å². The van der Waals surface area contributed by atoms with Crippen molar-refractivity contribution >= 4 is 40.3 Å². The second-order valence-electron chi connectivity index (χ2n) is 11.9. The lowest BCUT2D eigenvalue weighted by molar-refractivity contribution is 0.0833. The Balaban J connectivity index is 1.02. The first-order valence-corrected chi connectivity index (χ1v) is 15.4. The smallest absolute Gasteiger partial charge is 0.268 e. The number of rotatable bonds is 6. The highest BCUT2D eigenvalue weighted by atomic mass is 35.5. The summed E-state index contributed by atoms with van der Waals surface area (Å²) in [6, 6.07) is 14.8. The van der Waals surface area contributed by atoms with Crippen LogP contribution in [-0.2, 0) is 18.0 Å². The second kappa shape index (κ2) is 11.1. The Hall–Kier alpha value is -3.49. The Kier molecular flexibility index (Phi) is 7.13. The third-order valence-corrected chi connectivity index (χ3v) is 9.59. The summed E-state index contributed by atoms with van der Waals surface area (Å²) in [6.45, 7) is 3.81. The van der Waals surface area contributed by atoms with Crippen LogP contribution in [0.25, 0.3) is 11.0 Å². The number of hydrogen-bond donors (Lipinski definition) is 2. The fourth-order valence-electron chi connectivity index (χ4n) is 6.97. The fourth-order valence-corrected chi connectivity index (χ4v) is 7.15. The Morgan fingerprint density at radius 2 is 1.76 bits per heavy atom. The highest BCUT2D eigenvalue weighted by molar-refractivity contribution is 6.17. The van der Waals surface area contributed by atoms with Gasteiger partial charge in [-0.05, 0) is 73.5 Å². The fraction of sp³-hybridized carbons (Fsp3) is 0.438. The van der Waals surface area contributed by atoms with Crippen molar-refractivity contribution in [3.05, 3.63) is 77.2 Å². The predicted octanol–water partition coefficient (Wildman–Crippen LogP) is 6.09. The monoisotopic (exact) mass is 569 g/mol. The van der Waals surface area contributed by atoms with Crippen LogP contribution in [0.5, 0.6) is 0 Å². The maximum Gasteiger partial charge on any atom is 0.268 e. The maximum atomic E-state index is 12.7. The quantitative estimate of drug-likeness (QED) is 0.273. The SMILES string of the molecule is O=C1NCC2(CCCCC2)n2c1cc1cnc(Nc3ccc(C4CCN(Cc5ccc(CCl)cc5)CC4)cn3)nc12. The number of nitrogens with zero attached hydrogens (tertiary/aromatic N) is 5. The number of hydrogen-bond acceptors (Lipinski definition) is 6. The molecule has 1 aromatic carbocycles. The van der Waals surface area contributed by atoms with Gasteiger partial charge in [0.1, 0.15) is 17.2 Å². The average molecular weight is 570 g/mol. The van der Waals surface area contributed by atoms with Gasteiger partial charge < -0.3 is 15.2 Å². The molecule has 1 amide bonds. The molecule has 0 unspecified atom stereocenters.